The summed E-state index contributed by atoms with van der Waals surface area (Å²) in [4.78, 5) is 12.9. The molecule has 1 atom stereocenters. The molecule has 1 N–H and O–H groups in total. The Balaban J connectivity index is 2.42. The fraction of sp³-hybridized carbons (Fsp3) is 0.316. The Morgan fingerprint density at radius 1 is 1.03 bits per heavy atom. The maximum absolute atomic E-state index is 12.9. The highest BCUT2D eigenvalue weighted by atomic mass is 35.5. The third-order valence-corrected chi connectivity index (χ3v) is 5.60. The first-order valence-corrected chi connectivity index (χ1v) is 10.7. The molecule has 2 aromatic carbocycles. The zero-order valence-electron chi connectivity index (χ0n) is 16.7. The number of halogens is 1. The average Bonchev–Trinajstić information content (AvgIpc) is 2.67. The second-order valence-corrected chi connectivity index (χ2v) is 8.40. The van der Waals surface area contributed by atoms with Gasteiger partial charge in [0.25, 0.3) is 0 Å². The molecule has 0 aromatic heterocycles. The molecule has 29 heavy (non-hydrogen) atoms. The third kappa shape index (κ3) is 5.24. The molecule has 0 heterocycles. The van der Waals surface area contributed by atoms with Crippen molar-refractivity contribution in [3.05, 3.63) is 41.4 Å². The Kier molecular flexibility index (Phi) is 7.21. The van der Waals surface area contributed by atoms with Gasteiger partial charge in [0, 0.05) is 11.1 Å². The van der Waals surface area contributed by atoms with Crippen molar-refractivity contribution in [2.45, 2.75) is 13.0 Å². The molecule has 0 aliphatic carbocycles. The molecular weight excluding hydrogens is 420 g/mol. The van der Waals surface area contributed by atoms with Gasteiger partial charge in [-0.2, -0.15) is 0 Å². The molecule has 0 bridgehead atoms. The minimum Gasteiger partial charge on any atom is -0.497 e. The van der Waals surface area contributed by atoms with Crippen LogP contribution in [0, 0.1) is 0 Å². The Hall–Kier alpha value is -2.65. The van der Waals surface area contributed by atoms with Crippen LogP contribution in [0.25, 0.3) is 0 Å². The van der Waals surface area contributed by atoms with Gasteiger partial charge in [-0.05, 0) is 37.3 Å². The van der Waals surface area contributed by atoms with Crippen molar-refractivity contribution < 1.29 is 27.4 Å². The maximum atomic E-state index is 12.9. The number of anilines is 2. The number of ether oxygens (including phenoxy) is 3. The number of nitrogens with one attached hydrogen (secondary N) is 1. The Bertz CT molecular complexity index is 996. The molecule has 10 heteroatoms. The largest absolute Gasteiger partial charge is 0.497 e. The smallest absolute Gasteiger partial charge is 0.248 e. The third-order valence-electron chi connectivity index (χ3n) is 4.13. The summed E-state index contributed by atoms with van der Waals surface area (Å²) in [5.41, 5.74) is 0.531. The molecule has 2 rings (SSSR count). The predicted octanol–water partition coefficient (Wildman–Crippen LogP) is 3.16. The monoisotopic (exact) mass is 442 g/mol. The summed E-state index contributed by atoms with van der Waals surface area (Å²) in [6.07, 6.45) is 1.01. The molecule has 1 amide bonds. The van der Waals surface area contributed by atoms with Gasteiger partial charge in [-0.3, -0.25) is 9.10 Å². The van der Waals surface area contributed by atoms with Crippen LogP contribution in [0.5, 0.6) is 17.2 Å². The van der Waals surface area contributed by atoms with Gasteiger partial charge >= 0.3 is 0 Å². The number of carbonyl (C=O) groups excluding carboxylic acids is 1. The molecule has 0 unspecified atom stereocenters. The lowest BCUT2D eigenvalue weighted by atomic mass is 10.2. The number of methoxy groups -OCH3 is 3. The average molecular weight is 443 g/mol. The van der Waals surface area contributed by atoms with Gasteiger partial charge < -0.3 is 19.5 Å². The molecule has 0 saturated carbocycles. The molecule has 0 radical (unpaired) electrons. The van der Waals surface area contributed by atoms with Crippen LogP contribution in [-0.4, -0.2) is 48.0 Å². The van der Waals surface area contributed by atoms with E-state index in [9.17, 15) is 13.2 Å². The van der Waals surface area contributed by atoms with Crippen LogP contribution >= 0.6 is 11.6 Å². The highest BCUT2D eigenvalue weighted by Gasteiger charge is 2.32. The summed E-state index contributed by atoms with van der Waals surface area (Å²) in [5, 5.41) is 2.99. The van der Waals surface area contributed by atoms with Crippen LogP contribution in [0.1, 0.15) is 6.92 Å². The fourth-order valence-corrected chi connectivity index (χ4v) is 4.09. The molecule has 0 aliphatic rings. The number of sulfonamides is 1. The standard InChI is InChI=1S/C19H23ClN2O6S/c1-12(19(23)21-15-8-7-14(26-2)11-18(15)28-4)22(29(5,24)25)16-10-13(20)6-9-17(16)27-3/h6-12H,1-5H3,(H,21,23)/t12-/m1/s1. The SMILES string of the molecule is COc1ccc(NC(=O)[C@@H](C)N(c2cc(Cl)ccc2OC)S(C)(=O)=O)c(OC)c1. The first kappa shape index (κ1) is 22.6. The van der Waals surface area contributed by atoms with E-state index in [-0.39, 0.29) is 11.4 Å². The molecule has 158 valence electrons. The molecule has 0 spiro atoms. The second kappa shape index (κ2) is 9.23. The number of amides is 1. The Morgan fingerprint density at radius 3 is 2.24 bits per heavy atom. The summed E-state index contributed by atoms with van der Waals surface area (Å²) < 4.78 is 41.7. The van der Waals surface area contributed by atoms with Crippen molar-refractivity contribution >= 4 is 38.9 Å². The molecule has 0 aliphatic heterocycles. The van der Waals surface area contributed by atoms with E-state index in [1.165, 1.54) is 40.4 Å². The topological polar surface area (TPSA) is 94.2 Å². The van der Waals surface area contributed by atoms with E-state index < -0.39 is 22.0 Å². The highest BCUT2D eigenvalue weighted by molar-refractivity contribution is 7.92. The summed E-state index contributed by atoms with van der Waals surface area (Å²) >= 11 is 6.04. The highest BCUT2D eigenvalue weighted by Crippen LogP contribution is 2.35. The van der Waals surface area contributed by atoms with Crippen LogP contribution < -0.4 is 23.8 Å². The first-order chi connectivity index (χ1) is 13.6. The van der Waals surface area contributed by atoms with Crippen molar-refractivity contribution in [2.75, 3.05) is 37.2 Å². The van der Waals surface area contributed by atoms with Crippen LogP contribution in [0.4, 0.5) is 11.4 Å². The van der Waals surface area contributed by atoms with Crippen molar-refractivity contribution in [3.63, 3.8) is 0 Å². The van der Waals surface area contributed by atoms with Crippen LogP contribution in [0.2, 0.25) is 5.02 Å². The lowest BCUT2D eigenvalue weighted by molar-refractivity contribution is -0.116. The summed E-state index contributed by atoms with van der Waals surface area (Å²) in [5.74, 6) is 0.618. The van der Waals surface area contributed by atoms with Crippen molar-refractivity contribution in [3.8, 4) is 17.2 Å². The van der Waals surface area contributed by atoms with Crippen molar-refractivity contribution in [1.82, 2.24) is 0 Å². The van der Waals surface area contributed by atoms with E-state index in [1.54, 1.807) is 24.3 Å². The van der Waals surface area contributed by atoms with Crippen LogP contribution in [0.15, 0.2) is 36.4 Å². The minimum atomic E-state index is -3.85. The van der Waals surface area contributed by atoms with Gasteiger partial charge in [0.1, 0.15) is 23.3 Å². The van der Waals surface area contributed by atoms with E-state index >= 15 is 0 Å². The number of hydrogen-bond acceptors (Lipinski definition) is 6. The van der Waals surface area contributed by atoms with Gasteiger partial charge in [-0.1, -0.05) is 11.6 Å². The number of hydrogen-bond donors (Lipinski definition) is 1. The van der Waals surface area contributed by atoms with Crippen molar-refractivity contribution in [1.29, 1.82) is 0 Å². The summed E-state index contributed by atoms with van der Waals surface area (Å²) in [6, 6.07) is 8.28. The quantitative estimate of drug-likeness (QED) is 0.674. The minimum absolute atomic E-state index is 0.159. The van der Waals surface area contributed by atoms with Gasteiger partial charge in [0.05, 0.1) is 39.0 Å². The zero-order chi connectivity index (χ0) is 21.8. The van der Waals surface area contributed by atoms with E-state index in [4.69, 9.17) is 25.8 Å². The molecule has 0 fully saturated rings. The number of benzene rings is 2. The Labute approximate surface area is 175 Å². The predicted molar refractivity (Wildman–Crippen MR) is 113 cm³/mol. The summed E-state index contributed by atoms with van der Waals surface area (Å²) in [7, 11) is 0.519. The lowest BCUT2D eigenvalue weighted by Crippen LogP contribution is -2.45. The van der Waals surface area contributed by atoms with Gasteiger partial charge in [0.2, 0.25) is 15.9 Å². The van der Waals surface area contributed by atoms with E-state index in [1.807, 2.05) is 0 Å². The fourth-order valence-electron chi connectivity index (χ4n) is 2.76. The molecule has 2 aromatic rings. The molecule has 8 nitrogen and oxygen atoms in total. The van der Waals surface area contributed by atoms with E-state index in [0.717, 1.165) is 10.6 Å². The summed E-state index contributed by atoms with van der Waals surface area (Å²) in [6.45, 7) is 1.47. The number of carbonyl (C=O) groups is 1. The van der Waals surface area contributed by atoms with Crippen LogP contribution in [0.3, 0.4) is 0 Å². The number of nitrogens with zero attached hydrogens (tertiary/aromatic N) is 1. The molecular formula is C19H23ClN2O6S. The normalized spacial score (nSPS) is 12.1. The first-order valence-electron chi connectivity index (χ1n) is 8.48. The van der Waals surface area contributed by atoms with Gasteiger partial charge in [-0.25, -0.2) is 8.42 Å². The Morgan fingerprint density at radius 2 is 1.69 bits per heavy atom. The second-order valence-electron chi connectivity index (χ2n) is 6.11. The van der Waals surface area contributed by atoms with Crippen molar-refractivity contribution in [2.24, 2.45) is 0 Å². The lowest BCUT2D eigenvalue weighted by Gasteiger charge is -2.29. The van der Waals surface area contributed by atoms with Gasteiger partial charge in [0.15, 0.2) is 0 Å². The molecule has 0 saturated heterocycles. The van der Waals surface area contributed by atoms with E-state index in [2.05, 4.69) is 5.32 Å². The van der Waals surface area contributed by atoms with Crippen LogP contribution in [-0.2, 0) is 14.8 Å². The number of rotatable bonds is 8. The van der Waals surface area contributed by atoms with Gasteiger partial charge in [-0.15, -0.1) is 0 Å². The maximum Gasteiger partial charge on any atom is 0.248 e. The zero-order valence-corrected chi connectivity index (χ0v) is 18.3. The van der Waals surface area contributed by atoms with E-state index in [0.29, 0.717) is 22.2 Å².